The summed E-state index contributed by atoms with van der Waals surface area (Å²) in [5, 5.41) is 1.47. The molecule has 0 spiro atoms. The summed E-state index contributed by atoms with van der Waals surface area (Å²) in [5.41, 5.74) is 1.61. The summed E-state index contributed by atoms with van der Waals surface area (Å²) in [6, 6.07) is 14.7. The Morgan fingerprint density at radius 2 is 1.95 bits per heavy atom. The Morgan fingerprint density at radius 3 is 2.75 bits per heavy atom. The van der Waals surface area contributed by atoms with E-state index >= 15 is 0 Å². The highest BCUT2D eigenvalue weighted by molar-refractivity contribution is 9.10. The average Bonchev–Trinajstić information content (AvgIpc) is 2.84. The normalized spacial score (nSPS) is 10.9. The van der Waals surface area contributed by atoms with Crippen molar-refractivity contribution < 1.29 is 9.21 Å². The Labute approximate surface area is 129 Å². The van der Waals surface area contributed by atoms with Gasteiger partial charge >= 0.3 is 0 Å². The summed E-state index contributed by atoms with van der Waals surface area (Å²) < 4.78 is 6.50. The smallest absolute Gasteiger partial charge is 0.202 e. The molecule has 0 N–H and O–H groups in total. The van der Waals surface area contributed by atoms with E-state index in [9.17, 15) is 4.79 Å². The minimum atomic E-state index is -0.0516. The summed E-state index contributed by atoms with van der Waals surface area (Å²) in [4.78, 5) is 12.3. The molecule has 20 heavy (non-hydrogen) atoms. The lowest BCUT2D eigenvalue weighted by Gasteiger charge is -2.01. The van der Waals surface area contributed by atoms with Crippen molar-refractivity contribution in [1.82, 2.24) is 0 Å². The molecule has 0 bridgehead atoms. The number of benzene rings is 2. The second-order valence-electron chi connectivity index (χ2n) is 4.48. The van der Waals surface area contributed by atoms with Crippen LogP contribution in [-0.4, -0.2) is 5.78 Å². The minimum Gasteiger partial charge on any atom is -0.453 e. The average molecular weight is 350 g/mol. The van der Waals surface area contributed by atoms with Crippen LogP contribution in [0.15, 0.2) is 57.4 Å². The van der Waals surface area contributed by atoms with Gasteiger partial charge in [0.1, 0.15) is 5.58 Å². The minimum absolute atomic E-state index is 0.0516. The molecular weight excluding hydrogens is 340 g/mol. The molecule has 0 radical (unpaired) electrons. The predicted molar refractivity (Wildman–Crippen MR) is 83.4 cm³/mol. The molecule has 0 atom stereocenters. The zero-order chi connectivity index (χ0) is 14.1. The molecule has 3 aromatic rings. The van der Waals surface area contributed by atoms with Gasteiger partial charge in [0.05, 0.1) is 0 Å². The van der Waals surface area contributed by atoms with Gasteiger partial charge in [-0.05, 0) is 35.9 Å². The number of Topliss-reactive ketones (excluding diaryl/α,β-unsaturated/α-hetero) is 1. The molecule has 4 heteroatoms. The fraction of sp³-hybridized carbons (Fsp3) is 0.0625. The van der Waals surface area contributed by atoms with Crippen molar-refractivity contribution in [2.75, 3.05) is 0 Å². The number of fused-ring (bicyclic) bond motifs is 1. The largest absolute Gasteiger partial charge is 0.453 e. The maximum absolute atomic E-state index is 12.3. The summed E-state index contributed by atoms with van der Waals surface area (Å²) in [6.07, 6.45) is 0.301. The van der Waals surface area contributed by atoms with Gasteiger partial charge in [-0.15, -0.1) is 0 Å². The summed E-state index contributed by atoms with van der Waals surface area (Å²) in [6.45, 7) is 0. The van der Waals surface area contributed by atoms with Gasteiger partial charge in [-0.2, -0.15) is 0 Å². The van der Waals surface area contributed by atoms with E-state index < -0.39 is 0 Å². The van der Waals surface area contributed by atoms with E-state index in [0.717, 1.165) is 15.4 Å². The molecule has 2 nitrogen and oxygen atoms in total. The van der Waals surface area contributed by atoms with Crippen LogP contribution in [0.3, 0.4) is 0 Å². The second kappa shape index (κ2) is 5.43. The Balaban J connectivity index is 1.91. The standard InChI is InChI=1S/C16H10BrClO2/c17-13-4-2-1-3-10(13)8-14(19)16-9-11-7-12(18)5-6-15(11)20-16/h1-7,9H,8H2. The highest BCUT2D eigenvalue weighted by Crippen LogP contribution is 2.25. The molecule has 1 heterocycles. The topological polar surface area (TPSA) is 30.2 Å². The quantitative estimate of drug-likeness (QED) is 0.603. The molecule has 0 saturated heterocycles. The predicted octanol–water partition coefficient (Wildman–Crippen LogP) is 5.27. The molecule has 100 valence electrons. The first kappa shape index (κ1) is 13.4. The zero-order valence-electron chi connectivity index (χ0n) is 10.4. The first-order chi connectivity index (χ1) is 9.63. The van der Waals surface area contributed by atoms with Gasteiger partial charge in [0.2, 0.25) is 5.78 Å². The van der Waals surface area contributed by atoms with Gasteiger partial charge in [0, 0.05) is 21.3 Å². The first-order valence-electron chi connectivity index (χ1n) is 6.09. The number of halogens is 2. The van der Waals surface area contributed by atoms with E-state index in [-0.39, 0.29) is 5.78 Å². The fourth-order valence-electron chi connectivity index (χ4n) is 2.05. The molecular formula is C16H10BrClO2. The van der Waals surface area contributed by atoms with E-state index in [1.807, 2.05) is 24.3 Å². The SMILES string of the molecule is O=C(Cc1ccccc1Br)c1cc2cc(Cl)ccc2o1. The number of rotatable bonds is 3. The lowest BCUT2D eigenvalue weighted by Crippen LogP contribution is -2.02. The number of ketones is 1. The van der Waals surface area contributed by atoms with Gasteiger partial charge in [-0.25, -0.2) is 0 Å². The van der Waals surface area contributed by atoms with Crippen LogP contribution in [0.4, 0.5) is 0 Å². The van der Waals surface area contributed by atoms with Crippen LogP contribution >= 0.6 is 27.5 Å². The van der Waals surface area contributed by atoms with Gasteiger partial charge in [0.15, 0.2) is 5.76 Å². The molecule has 0 aliphatic rings. The maximum atomic E-state index is 12.3. The van der Waals surface area contributed by atoms with Crippen LogP contribution in [0.5, 0.6) is 0 Å². The van der Waals surface area contributed by atoms with E-state index in [4.69, 9.17) is 16.0 Å². The Bertz CT molecular complexity index is 792. The number of hydrogen-bond donors (Lipinski definition) is 0. The van der Waals surface area contributed by atoms with Crippen molar-refractivity contribution in [2.45, 2.75) is 6.42 Å². The third-order valence-electron chi connectivity index (χ3n) is 3.06. The highest BCUT2D eigenvalue weighted by atomic mass is 79.9. The Kier molecular flexibility index (Phi) is 3.64. The Morgan fingerprint density at radius 1 is 1.15 bits per heavy atom. The number of furan rings is 1. The number of carbonyl (C=O) groups is 1. The van der Waals surface area contributed by atoms with E-state index in [1.54, 1.807) is 24.3 Å². The van der Waals surface area contributed by atoms with Gasteiger partial charge in [-0.3, -0.25) is 4.79 Å². The molecule has 1 aromatic heterocycles. The molecule has 0 aliphatic carbocycles. The first-order valence-corrected chi connectivity index (χ1v) is 7.26. The molecule has 2 aromatic carbocycles. The van der Waals surface area contributed by atoms with Crippen LogP contribution in [-0.2, 0) is 6.42 Å². The Hall–Kier alpha value is -1.58. The van der Waals surface area contributed by atoms with E-state index in [1.165, 1.54) is 0 Å². The van der Waals surface area contributed by atoms with Crippen LogP contribution in [0.2, 0.25) is 5.02 Å². The van der Waals surface area contributed by atoms with Crippen molar-refractivity contribution in [1.29, 1.82) is 0 Å². The van der Waals surface area contributed by atoms with Crippen LogP contribution < -0.4 is 0 Å². The van der Waals surface area contributed by atoms with Crippen LogP contribution in [0.1, 0.15) is 16.1 Å². The van der Waals surface area contributed by atoms with Gasteiger partial charge in [-0.1, -0.05) is 45.7 Å². The lowest BCUT2D eigenvalue weighted by molar-refractivity contribution is 0.0968. The van der Waals surface area contributed by atoms with E-state index in [2.05, 4.69) is 15.9 Å². The monoisotopic (exact) mass is 348 g/mol. The van der Waals surface area contributed by atoms with E-state index in [0.29, 0.717) is 22.8 Å². The highest BCUT2D eigenvalue weighted by Gasteiger charge is 2.14. The van der Waals surface area contributed by atoms with Crippen molar-refractivity contribution >= 4 is 44.3 Å². The number of carbonyl (C=O) groups excluding carboxylic acids is 1. The molecule has 0 fully saturated rings. The van der Waals surface area contributed by atoms with Crippen molar-refractivity contribution in [3.05, 3.63) is 69.3 Å². The number of hydrogen-bond acceptors (Lipinski definition) is 2. The maximum Gasteiger partial charge on any atom is 0.202 e. The molecule has 0 unspecified atom stereocenters. The summed E-state index contributed by atoms with van der Waals surface area (Å²) >= 11 is 9.37. The van der Waals surface area contributed by atoms with Crippen molar-refractivity contribution in [2.24, 2.45) is 0 Å². The second-order valence-corrected chi connectivity index (χ2v) is 5.77. The molecule has 0 aliphatic heterocycles. The summed E-state index contributed by atoms with van der Waals surface area (Å²) in [7, 11) is 0. The van der Waals surface area contributed by atoms with Gasteiger partial charge < -0.3 is 4.42 Å². The fourth-order valence-corrected chi connectivity index (χ4v) is 2.66. The van der Waals surface area contributed by atoms with Crippen LogP contribution in [0.25, 0.3) is 11.0 Å². The van der Waals surface area contributed by atoms with Crippen molar-refractivity contribution in [3.63, 3.8) is 0 Å². The van der Waals surface area contributed by atoms with Gasteiger partial charge in [0.25, 0.3) is 0 Å². The molecule has 0 amide bonds. The molecule has 0 saturated carbocycles. The summed E-state index contributed by atoms with van der Waals surface area (Å²) in [5.74, 6) is 0.308. The third kappa shape index (κ3) is 2.65. The van der Waals surface area contributed by atoms with Crippen LogP contribution in [0, 0.1) is 0 Å². The lowest BCUT2D eigenvalue weighted by atomic mass is 10.1. The zero-order valence-corrected chi connectivity index (χ0v) is 12.7. The third-order valence-corrected chi connectivity index (χ3v) is 4.07. The molecule has 3 rings (SSSR count). The van der Waals surface area contributed by atoms with Crippen molar-refractivity contribution in [3.8, 4) is 0 Å².